The lowest BCUT2D eigenvalue weighted by Gasteiger charge is -2.26. The third-order valence-corrected chi connectivity index (χ3v) is 7.83. The molecule has 0 radical (unpaired) electrons. The average molecular weight is 363 g/mol. The van der Waals surface area contributed by atoms with Crippen molar-refractivity contribution < 1.29 is 9.53 Å². The van der Waals surface area contributed by atoms with Crippen LogP contribution in [0.2, 0.25) is 13.1 Å². The van der Waals surface area contributed by atoms with Crippen LogP contribution in [0, 0.1) is 0 Å². The minimum Gasteiger partial charge on any atom is -0.461 e. The standard InChI is InChI=1S/C17H19BrO2Si/c1-13(19)20-12-14-6-4-5-7-17(14)21(2,3)16-10-8-15(18)9-11-16/h4-11H,12H2,1-3H3. The van der Waals surface area contributed by atoms with Crippen LogP contribution in [0.5, 0.6) is 0 Å². The van der Waals surface area contributed by atoms with Crippen LogP contribution >= 0.6 is 15.9 Å². The van der Waals surface area contributed by atoms with Crippen LogP contribution in [0.25, 0.3) is 0 Å². The van der Waals surface area contributed by atoms with Crippen LogP contribution < -0.4 is 10.4 Å². The minimum absolute atomic E-state index is 0.243. The van der Waals surface area contributed by atoms with Crippen LogP contribution in [0.3, 0.4) is 0 Å². The van der Waals surface area contributed by atoms with Crippen LogP contribution in [-0.4, -0.2) is 14.0 Å². The molecule has 0 saturated carbocycles. The van der Waals surface area contributed by atoms with Crippen molar-refractivity contribution >= 4 is 40.3 Å². The van der Waals surface area contributed by atoms with Crippen molar-refractivity contribution in [3.63, 3.8) is 0 Å². The molecule has 0 saturated heterocycles. The van der Waals surface area contributed by atoms with E-state index in [1.807, 2.05) is 12.1 Å². The topological polar surface area (TPSA) is 26.3 Å². The molecule has 0 aliphatic carbocycles. The summed E-state index contributed by atoms with van der Waals surface area (Å²) in [6.45, 7) is 6.43. The molecule has 21 heavy (non-hydrogen) atoms. The van der Waals surface area contributed by atoms with Gasteiger partial charge in [-0.1, -0.05) is 70.6 Å². The van der Waals surface area contributed by atoms with E-state index < -0.39 is 8.07 Å². The Kier molecular flexibility index (Phi) is 5.01. The van der Waals surface area contributed by atoms with Gasteiger partial charge in [0, 0.05) is 11.4 Å². The van der Waals surface area contributed by atoms with Crippen molar-refractivity contribution in [1.82, 2.24) is 0 Å². The van der Waals surface area contributed by atoms with Gasteiger partial charge < -0.3 is 4.74 Å². The summed E-state index contributed by atoms with van der Waals surface area (Å²) < 4.78 is 6.28. The second kappa shape index (κ2) is 6.58. The molecular formula is C17H19BrO2Si. The lowest BCUT2D eigenvalue weighted by Crippen LogP contribution is -2.54. The molecule has 0 unspecified atom stereocenters. The van der Waals surface area contributed by atoms with Crippen molar-refractivity contribution in [3.8, 4) is 0 Å². The number of hydrogen-bond donors (Lipinski definition) is 0. The Bertz CT molecular complexity index is 635. The second-order valence-electron chi connectivity index (χ2n) is 5.57. The molecule has 2 nitrogen and oxygen atoms in total. The third-order valence-electron chi connectivity index (χ3n) is 3.69. The molecule has 0 amide bonds. The number of benzene rings is 2. The second-order valence-corrected chi connectivity index (χ2v) is 10.9. The first-order valence-corrected chi connectivity index (χ1v) is 10.7. The molecule has 2 aromatic carbocycles. The molecule has 0 atom stereocenters. The SMILES string of the molecule is CC(=O)OCc1ccccc1[Si](C)(C)c1ccc(Br)cc1. The molecule has 2 aromatic rings. The zero-order valence-corrected chi connectivity index (χ0v) is 15.1. The highest BCUT2D eigenvalue weighted by atomic mass is 79.9. The monoisotopic (exact) mass is 362 g/mol. The van der Waals surface area contributed by atoms with Gasteiger partial charge >= 0.3 is 5.97 Å². The van der Waals surface area contributed by atoms with Crippen molar-refractivity contribution in [3.05, 3.63) is 58.6 Å². The number of carbonyl (C=O) groups excluding carboxylic acids is 1. The van der Waals surface area contributed by atoms with Gasteiger partial charge in [0.2, 0.25) is 0 Å². The van der Waals surface area contributed by atoms with E-state index in [0.717, 1.165) is 10.0 Å². The zero-order chi connectivity index (χ0) is 15.5. The third kappa shape index (κ3) is 3.83. The summed E-state index contributed by atoms with van der Waals surface area (Å²) in [4.78, 5) is 11.1. The average Bonchev–Trinajstić information content (AvgIpc) is 2.46. The number of hydrogen-bond acceptors (Lipinski definition) is 2. The molecule has 0 N–H and O–H groups in total. The predicted molar refractivity (Wildman–Crippen MR) is 92.8 cm³/mol. The minimum atomic E-state index is -1.81. The van der Waals surface area contributed by atoms with Crippen LogP contribution in [0.15, 0.2) is 53.0 Å². The Morgan fingerprint density at radius 3 is 2.33 bits per heavy atom. The number of esters is 1. The molecule has 0 aliphatic heterocycles. The molecule has 0 spiro atoms. The fourth-order valence-electron chi connectivity index (χ4n) is 2.46. The lowest BCUT2D eigenvalue weighted by molar-refractivity contribution is -0.142. The maximum absolute atomic E-state index is 11.1. The van der Waals surface area contributed by atoms with E-state index >= 15 is 0 Å². The van der Waals surface area contributed by atoms with E-state index in [2.05, 4.69) is 65.4 Å². The van der Waals surface area contributed by atoms with Crippen molar-refractivity contribution in [2.24, 2.45) is 0 Å². The number of rotatable bonds is 4. The number of carbonyl (C=O) groups is 1. The van der Waals surface area contributed by atoms with Gasteiger partial charge in [-0.15, -0.1) is 0 Å². The molecule has 110 valence electrons. The van der Waals surface area contributed by atoms with E-state index in [-0.39, 0.29) is 5.97 Å². The van der Waals surface area contributed by atoms with Gasteiger partial charge in [-0.2, -0.15) is 0 Å². The zero-order valence-electron chi connectivity index (χ0n) is 12.5. The first kappa shape index (κ1) is 16.0. The molecule has 4 heteroatoms. The Morgan fingerprint density at radius 1 is 1.10 bits per heavy atom. The molecule has 0 aromatic heterocycles. The van der Waals surface area contributed by atoms with Crippen molar-refractivity contribution in [1.29, 1.82) is 0 Å². The van der Waals surface area contributed by atoms with Gasteiger partial charge in [-0.3, -0.25) is 4.79 Å². The maximum Gasteiger partial charge on any atom is 0.302 e. The highest BCUT2D eigenvalue weighted by Crippen LogP contribution is 2.12. The van der Waals surface area contributed by atoms with E-state index in [1.54, 1.807) is 0 Å². The summed E-state index contributed by atoms with van der Waals surface area (Å²) >= 11 is 3.48. The fraction of sp³-hybridized carbons (Fsp3) is 0.235. The first-order valence-electron chi connectivity index (χ1n) is 6.89. The van der Waals surface area contributed by atoms with E-state index in [0.29, 0.717) is 6.61 Å². The smallest absolute Gasteiger partial charge is 0.302 e. The molecule has 0 bridgehead atoms. The molecule has 0 heterocycles. The lowest BCUT2D eigenvalue weighted by atomic mass is 10.2. The molecule has 0 fully saturated rings. The predicted octanol–water partition coefficient (Wildman–Crippen LogP) is 3.33. The van der Waals surface area contributed by atoms with Crippen molar-refractivity contribution in [2.45, 2.75) is 26.6 Å². The summed E-state index contributed by atoms with van der Waals surface area (Å²) in [5.41, 5.74) is 1.10. The Morgan fingerprint density at radius 2 is 1.71 bits per heavy atom. The van der Waals surface area contributed by atoms with Gasteiger partial charge in [0.1, 0.15) is 14.7 Å². The summed E-state index contributed by atoms with van der Waals surface area (Å²) in [5, 5.41) is 2.68. The normalized spacial score (nSPS) is 11.2. The summed E-state index contributed by atoms with van der Waals surface area (Å²) in [6.07, 6.45) is 0. The van der Waals surface area contributed by atoms with Gasteiger partial charge in [0.25, 0.3) is 0 Å². The van der Waals surface area contributed by atoms with Gasteiger partial charge in [0.05, 0.1) is 0 Å². The van der Waals surface area contributed by atoms with Crippen LogP contribution in [0.4, 0.5) is 0 Å². The summed E-state index contributed by atoms with van der Waals surface area (Å²) in [6, 6.07) is 16.8. The Hall–Kier alpha value is -1.39. The maximum atomic E-state index is 11.1. The Labute approximate surface area is 135 Å². The van der Waals surface area contributed by atoms with Gasteiger partial charge in [-0.05, 0) is 22.9 Å². The quantitative estimate of drug-likeness (QED) is 0.615. The number of halogens is 1. The fourth-order valence-corrected chi connectivity index (χ4v) is 5.50. The molecule has 0 aliphatic rings. The number of ether oxygens (including phenoxy) is 1. The van der Waals surface area contributed by atoms with Crippen molar-refractivity contribution in [2.75, 3.05) is 0 Å². The van der Waals surface area contributed by atoms with E-state index in [4.69, 9.17) is 4.74 Å². The van der Waals surface area contributed by atoms with Crippen LogP contribution in [-0.2, 0) is 16.1 Å². The summed E-state index contributed by atoms with van der Waals surface area (Å²) in [5.74, 6) is -0.243. The van der Waals surface area contributed by atoms with Crippen LogP contribution in [0.1, 0.15) is 12.5 Å². The van der Waals surface area contributed by atoms with E-state index in [9.17, 15) is 4.79 Å². The summed E-state index contributed by atoms with van der Waals surface area (Å²) in [7, 11) is -1.81. The highest BCUT2D eigenvalue weighted by Gasteiger charge is 2.28. The molecule has 2 rings (SSSR count). The Balaban J connectivity index is 2.39. The largest absolute Gasteiger partial charge is 0.461 e. The van der Waals surface area contributed by atoms with Gasteiger partial charge in [0.15, 0.2) is 0 Å². The first-order chi connectivity index (χ1) is 9.91. The van der Waals surface area contributed by atoms with E-state index in [1.165, 1.54) is 17.3 Å². The van der Waals surface area contributed by atoms with Gasteiger partial charge in [-0.25, -0.2) is 0 Å². The molecular weight excluding hydrogens is 344 g/mol. The highest BCUT2D eigenvalue weighted by molar-refractivity contribution is 9.10.